The van der Waals surface area contributed by atoms with Crippen molar-refractivity contribution in [2.24, 2.45) is 0 Å². The molecule has 0 fully saturated rings. The summed E-state index contributed by atoms with van der Waals surface area (Å²) in [6.45, 7) is -4.22. The van der Waals surface area contributed by atoms with Crippen molar-refractivity contribution in [2.45, 2.75) is 6.92 Å². The lowest BCUT2D eigenvalue weighted by molar-refractivity contribution is -0.111. The van der Waals surface area contributed by atoms with Crippen molar-refractivity contribution in [3.8, 4) is 11.8 Å². The smallest absolute Gasteiger partial charge is 0.248 e. The van der Waals surface area contributed by atoms with Gasteiger partial charge < -0.3 is 20.3 Å². The van der Waals surface area contributed by atoms with Crippen molar-refractivity contribution in [1.82, 2.24) is 9.88 Å². The molecule has 0 aliphatic heterocycles. The molecule has 9 heteroatoms. The van der Waals surface area contributed by atoms with Gasteiger partial charge in [-0.05, 0) is 45.2 Å². The van der Waals surface area contributed by atoms with Crippen LogP contribution >= 0.6 is 11.6 Å². The second-order valence-electron chi connectivity index (χ2n) is 6.28. The molecule has 0 spiro atoms. The Morgan fingerprint density at radius 3 is 2.94 bits per heavy atom. The molecule has 0 bridgehead atoms. The molecule has 2 N–H and O–H groups in total. The summed E-state index contributed by atoms with van der Waals surface area (Å²) in [5, 5.41) is 13.0. The number of aromatic nitrogens is 1. The molecule has 33 heavy (non-hydrogen) atoms. The van der Waals surface area contributed by atoms with E-state index in [9.17, 15) is 14.4 Å². The zero-order valence-corrected chi connectivity index (χ0v) is 18.2. The highest BCUT2D eigenvalue weighted by Crippen LogP contribution is 2.36. The minimum absolute atomic E-state index is 0.525. The first kappa shape index (κ1) is 12.5. The van der Waals surface area contributed by atoms with Crippen molar-refractivity contribution >= 4 is 45.5 Å². The highest BCUT2D eigenvalue weighted by Gasteiger charge is 2.15. The fraction of sp³-hybridized carbons (Fsp3) is 0.208. The first-order valence-corrected chi connectivity index (χ1v) is 9.41. The molecule has 7 nitrogen and oxygen atoms in total. The molecular weight excluding hydrogens is 445 g/mol. The topological polar surface area (TPSA) is 90.3 Å². The lowest BCUT2D eigenvalue weighted by Crippen LogP contribution is -2.13. The first-order valence-electron chi connectivity index (χ1n) is 15.0. The normalized spacial score (nSPS) is 17.7. The molecule has 0 aliphatic carbocycles. The van der Waals surface area contributed by atoms with Gasteiger partial charge in [-0.15, -0.1) is 0 Å². The second kappa shape index (κ2) is 10.8. The van der Waals surface area contributed by atoms with Crippen LogP contribution in [0.5, 0.6) is 5.75 Å². The van der Waals surface area contributed by atoms with Crippen LogP contribution < -0.4 is 15.4 Å². The van der Waals surface area contributed by atoms with Crippen LogP contribution in [0.25, 0.3) is 10.9 Å². The van der Waals surface area contributed by atoms with Crippen LogP contribution in [0.3, 0.4) is 0 Å². The average molecular weight is 480 g/mol. The van der Waals surface area contributed by atoms with Crippen molar-refractivity contribution in [3.63, 3.8) is 0 Å². The van der Waals surface area contributed by atoms with Crippen molar-refractivity contribution in [3.05, 3.63) is 64.9 Å². The number of pyridine rings is 1. The number of likely N-dealkylation sites (N-methyl/N-ethyl adjacent to an activating group) is 1. The summed E-state index contributed by atoms with van der Waals surface area (Å²) in [5.74, 6) is -3.66. The van der Waals surface area contributed by atoms with E-state index < -0.39 is 118 Å². The van der Waals surface area contributed by atoms with Crippen molar-refractivity contribution in [2.75, 3.05) is 37.8 Å². The van der Waals surface area contributed by atoms with E-state index in [2.05, 4.69) is 15.6 Å². The Hall–Kier alpha value is -3.67. The van der Waals surface area contributed by atoms with E-state index in [1.165, 1.54) is 14.1 Å². The van der Waals surface area contributed by atoms with E-state index in [1.54, 1.807) is 6.07 Å². The van der Waals surface area contributed by atoms with Crippen LogP contribution in [0, 0.1) is 17.1 Å². The zero-order chi connectivity index (χ0) is 34.5. The molecule has 0 saturated heterocycles. The number of carbonyl (C=O) groups excluding carboxylic acids is 1. The highest BCUT2D eigenvalue weighted by molar-refractivity contribution is 6.31. The standard InChI is InChI=1S/C24H23ClFN5O2/c1-4-33-22-12-20-17(11-21(22)30-23(32)6-5-9-31(2)3)24(15(13-27)14-28-20)29-16-7-8-19(26)18(25)10-16/h5-8,10-12,14H,4,9H2,1-3H3,(H,28,29)(H,30,32)/b6-5+/i4D2,5D,6D,7D,8D,9D2,10D,11D,12D,14D. The third kappa shape index (κ3) is 5.98. The van der Waals surface area contributed by atoms with Gasteiger partial charge in [0.1, 0.15) is 17.6 Å². The third-order valence-electron chi connectivity index (χ3n) is 3.71. The molecule has 3 aromatic rings. The summed E-state index contributed by atoms with van der Waals surface area (Å²) in [6.07, 6.45) is -0.791. The summed E-state index contributed by atoms with van der Waals surface area (Å²) >= 11 is 5.82. The monoisotopic (exact) mass is 479 g/mol. The number of carbonyl (C=O) groups is 1. The van der Waals surface area contributed by atoms with E-state index in [0.717, 1.165) is 11.8 Å². The Balaban J connectivity index is 2.47. The molecule has 0 saturated carbocycles. The maximum atomic E-state index is 14.3. The molecule has 1 amide bonds. The van der Waals surface area contributed by atoms with Gasteiger partial charge in [0.2, 0.25) is 5.91 Å². The molecule has 0 aliphatic rings. The minimum atomic E-state index is -2.59. The van der Waals surface area contributed by atoms with E-state index in [4.69, 9.17) is 32.8 Å². The van der Waals surface area contributed by atoms with Gasteiger partial charge in [0, 0.05) is 38.6 Å². The number of fused-ring (bicyclic) bond motifs is 1. The number of anilines is 3. The maximum Gasteiger partial charge on any atom is 0.248 e. The number of nitrogens with one attached hydrogen (secondary N) is 2. The van der Waals surface area contributed by atoms with Gasteiger partial charge in [-0.3, -0.25) is 9.78 Å². The van der Waals surface area contributed by atoms with E-state index >= 15 is 0 Å². The highest BCUT2D eigenvalue weighted by atomic mass is 35.5. The van der Waals surface area contributed by atoms with Gasteiger partial charge in [0.15, 0.2) is 0 Å². The molecule has 0 radical (unpaired) electrons. The molecule has 0 atom stereocenters. The van der Waals surface area contributed by atoms with Gasteiger partial charge in [0.05, 0.1) is 47.7 Å². The third-order valence-corrected chi connectivity index (χ3v) is 3.97. The molecule has 3 rings (SSSR count). The van der Waals surface area contributed by atoms with E-state index in [-0.39, 0.29) is 0 Å². The van der Waals surface area contributed by atoms with Gasteiger partial charge >= 0.3 is 0 Å². The van der Waals surface area contributed by atoms with Crippen LogP contribution in [-0.2, 0) is 4.79 Å². The predicted octanol–water partition coefficient (Wildman–Crippen LogP) is 5.10. The van der Waals surface area contributed by atoms with Gasteiger partial charge in [-0.2, -0.15) is 5.26 Å². The lowest BCUT2D eigenvalue weighted by Gasteiger charge is -2.16. The summed E-state index contributed by atoms with van der Waals surface area (Å²) in [7, 11) is 2.51. The Morgan fingerprint density at radius 2 is 2.24 bits per heavy atom. The lowest BCUT2D eigenvalue weighted by atomic mass is 10.1. The molecule has 0 unspecified atom stereocenters. The van der Waals surface area contributed by atoms with Crippen LogP contribution in [-0.4, -0.2) is 42.9 Å². The summed E-state index contributed by atoms with van der Waals surface area (Å²) < 4.78 is 117. The van der Waals surface area contributed by atoms with Gasteiger partial charge in [0.25, 0.3) is 0 Å². The van der Waals surface area contributed by atoms with Gasteiger partial charge in [-0.1, -0.05) is 17.7 Å². The van der Waals surface area contributed by atoms with Crippen molar-refractivity contribution < 1.29 is 30.4 Å². The Morgan fingerprint density at radius 1 is 1.45 bits per heavy atom. The van der Waals surface area contributed by atoms with Crippen LogP contribution in [0.1, 0.15) is 28.9 Å². The second-order valence-corrected chi connectivity index (χ2v) is 6.66. The number of nitriles is 1. The molecule has 1 heterocycles. The number of ether oxygens (including phenoxy) is 1. The van der Waals surface area contributed by atoms with E-state index in [1.807, 2.05) is 0 Å². The number of rotatable bonds is 8. The van der Waals surface area contributed by atoms with Crippen LogP contribution in [0.2, 0.25) is 5.02 Å². The fourth-order valence-electron chi connectivity index (χ4n) is 2.40. The molecular formula is C24H23ClFN5O2. The number of amides is 1. The summed E-state index contributed by atoms with van der Waals surface area (Å²) in [6, 6.07) is -5.07. The Bertz CT molecular complexity index is 1800. The quantitative estimate of drug-likeness (QED) is 0.437. The number of hydrogen-bond donors (Lipinski definition) is 2. The molecule has 2 aromatic carbocycles. The Labute approximate surface area is 213 Å². The Kier molecular flexibility index (Phi) is 4.09. The SMILES string of the molecule is [2H]/C(C(=O)Nc1c(OC([2H])([2H])C)c([2H])c2nc([2H])c(C#N)c(Nc3c([2H])c([2H])c(F)c(Cl)c3[2H])c2c1[2H])=C(/[2H])C([2H])([2H])N(C)C. The number of halogens is 2. The number of nitrogens with zero attached hydrogens (tertiary/aromatic N) is 3. The van der Waals surface area contributed by atoms with Crippen LogP contribution in [0.4, 0.5) is 21.5 Å². The first-order chi connectivity index (χ1) is 20.6. The predicted molar refractivity (Wildman–Crippen MR) is 129 cm³/mol. The largest absolute Gasteiger partial charge is 0.492 e. The van der Waals surface area contributed by atoms with E-state index in [0.29, 0.717) is 0 Å². The number of benzene rings is 2. The summed E-state index contributed by atoms with van der Waals surface area (Å²) in [4.78, 5) is 17.9. The van der Waals surface area contributed by atoms with Gasteiger partial charge in [-0.25, -0.2) is 4.39 Å². The average Bonchev–Trinajstić information content (AvgIpc) is 2.95. The zero-order valence-electron chi connectivity index (χ0n) is 29.4. The number of hydrogen-bond acceptors (Lipinski definition) is 6. The molecule has 170 valence electrons. The fourth-order valence-corrected chi connectivity index (χ4v) is 2.54. The minimum Gasteiger partial charge on any atom is -0.492 e. The van der Waals surface area contributed by atoms with Crippen molar-refractivity contribution in [1.29, 1.82) is 5.26 Å². The summed E-state index contributed by atoms with van der Waals surface area (Å²) in [5.41, 5.74) is -3.14. The molecule has 1 aromatic heterocycles. The van der Waals surface area contributed by atoms with Crippen LogP contribution in [0.15, 0.2) is 48.5 Å². The maximum absolute atomic E-state index is 14.3.